The van der Waals surface area contributed by atoms with Gasteiger partial charge in [0.05, 0.1) is 12.3 Å². The van der Waals surface area contributed by atoms with Gasteiger partial charge in [-0.25, -0.2) is 14.4 Å². The predicted molar refractivity (Wildman–Crippen MR) is 91.6 cm³/mol. The van der Waals surface area contributed by atoms with Gasteiger partial charge >= 0.3 is 0 Å². The number of rotatable bonds is 5. The summed E-state index contributed by atoms with van der Waals surface area (Å²) in [6.07, 6.45) is 0.859. The second kappa shape index (κ2) is 7.68. The Morgan fingerprint density at radius 2 is 2.08 bits per heavy atom. The molecule has 1 aliphatic heterocycles. The molecule has 0 radical (unpaired) electrons. The molecule has 5 nitrogen and oxygen atoms in total. The van der Waals surface area contributed by atoms with Crippen LogP contribution in [0, 0.1) is 12.7 Å². The van der Waals surface area contributed by atoms with E-state index < -0.39 is 0 Å². The van der Waals surface area contributed by atoms with Crippen molar-refractivity contribution in [2.45, 2.75) is 19.4 Å². The van der Waals surface area contributed by atoms with Crippen LogP contribution in [-0.2, 0) is 11.2 Å². The molecule has 1 saturated heterocycles. The average molecular weight is 330 g/mol. The quantitative estimate of drug-likeness (QED) is 0.913. The summed E-state index contributed by atoms with van der Waals surface area (Å²) in [6.45, 7) is 5.21. The first-order chi connectivity index (χ1) is 11.6. The third-order valence-corrected chi connectivity index (χ3v) is 4.22. The van der Waals surface area contributed by atoms with Crippen molar-refractivity contribution in [2.75, 3.05) is 38.6 Å². The highest BCUT2D eigenvalue weighted by Gasteiger charge is 2.23. The van der Waals surface area contributed by atoms with Crippen LogP contribution in [0.4, 0.5) is 10.2 Å². The molecule has 128 valence electrons. The van der Waals surface area contributed by atoms with E-state index in [1.54, 1.807) is 0 Å². The van der Waals surface area contributed by atoms with Gasteiger partial charge in [0.25, 0.3) is 0 Å². The van der Waals surface area contributed by atoms with Gasteiger partial charge in [0, 0.05) is 32.7 Å². The minimum absolute atomic E-state index is 0.0410. The van der Waals surface area contributed by atoms with Crippen molar-refractivity contribution in [1.82, 2.24) is 14.9 Å². The van der Waals surface area contributed by atoms with Crippen molar-refractivity contribution in [1.29, 1.82) is 0 Å². The Morgan fingerprint density at radius 1 is 1.29 bits per heavy atom. The Bertz CT molecular complexity index is 677. The SMILES string of the molecule is CNc1cc([C@@H]2CN(CCc3ccc(F)cc3)CCO2)nc(C)n1. The van der Waals surface area contributed by atoms with Crippen molar-refractivity contribution in [3.8, 4) is 0 Å². The first kappa shape index (κ1) is 16.8. The predicted octanol–water partition coefficient (Wildman–Crippen LogP) is 2.58. The largest absolute Gasteiger partial charge is 0.373 e. The van der Waals surface area contributed by atoms with Crippen LogP contribution in [0.25, 0.3) is 0 Å². The van der Waals surface area contributed by atoms with Crippen molar-refractivity contribution in [3.63, 3.8) is 0 Å². The molecule has 1 aromatic carbocycles. The van der Waals surface area contributed by atoms with E-state index in [-0.39, 0.29) is 11.9 Å². The average Bonchev–Trinajstić information content (AvgIpc) is 2.61. The van der Waals surface area contributed by atoms with Gasteiger partial charge in [-0.2, -0.15) is 0 Å². The van der Waals surface area contributed by atoms with E-state index in [2.05, 4.69) is 20.2 Å². The molecule has 1 aliphatic rings. The van der Waals surface area contributed by atoms with Crippen LogP contribution in [0.15, 0.2) is 30.3 Å². The van der Waals surface area contributed by atoms with Crippen molar-refractivity contribution in [2.24, 2.45) is 0 Å². The second-order valence-corrected chi connectivity index (χ2v) is 6.01. The third kappa shape index (κ3) is 4.27. The maximum atomic E-state index is 13.0. The number of halogens is 1. The topological polar surface area (TPSA) is 50.3 Å². The number of aromatic nitrogens is 2. The van der Waals surface area contributed by atoms with Crippen LogP contribution in [-0.4, -0.2) is 48.2 Å². The van der Waals surface area contributed by atoms with Crippen molar-refractivity contribution >= 4 is 5.82 Å². The molecule has 3 rings (SSSR count). The summed E-state index contributed by atoms with van der Waals surface area (Å²) < 4.78 is 18.9. The van der Waals surface area contributed by atoms with Crippen LogP contribution < -0.4 is 5.32 Å². The van der Waals surface area contributed by atoms with Crippen LogP contribution in [0.3, 0.4) is 0 Å². The van der Waals surface area contributed by atoms with E-state index in [9.17, 15) is 4.39 Å². The third-order valence-electron chi connectivity index (χ3n) is 4.22. The van der Waals surface area contributed by atoms with E-state index in [4.69, 9.17) is 4.74 Å². The van der Waals surface area contributed by atoms with Gasteiger partial charge in [-0.1, -0.05) is 12.1 Å². The molecule has 2 heterocycles. The smallest absolute Gasteiger partial charge is 0.129 e. The standard InChI is InChI=1S/C18H23FN4O/c1-13-21-16(11-18(20-2)22-13)17-12-23(9-10-24-17)8-7-14-3-5-15(19)6-4-14/h3-6,11,17H,7-10,12H2,1-2H3,(H,20,21,22)/t17-/m0/s1. The number of anilines is 1. The highest BCUT2D eigenvalue weighted by Crippen LogP contribution is 2.22. The van der Waals surface area contributed by atoms with Gasteiger partial charge in [0.15, 0.2) is 0 Å². The molecule has 24 heavy (non-hydrogen) atoms. The summed E-state index contributed by atoms with van der Waals surface area (Å²) in [5, 5.41) is 3.06. The lowest BCUT2D eigenvalue weighted by Gasteiger charge is -2.32. The van der Waals surface area contributed by atoms with Gasteiger partial charge in [-0.05, 0) is 31.0 Å². The Kier molecular flexibility index (Phi) is 5.37. The molecule has 1 aromatic heterocycles. The second-order valence-electron chi connectivity index (χ2n) is 6.01. The minimum atomic E-state index is -0.190. The molecule has 1 fully saturated rings. The van der Waals surface area contributed by atoms with Gasteiger partial charge in [0.2, 0.25) is 0 Å². The first-order valence-corrected chi connectivity index (χ1v) is 8.26. The number of morpholine rings is 1. The number of nitrogens with one attached hydrogen (secondary N) is 1. The molecule has 0 aliphatic carbocycles. The summed E-state index contributed by atoms with van der Waals surface area (Å²) in [7, 11) is 1.85. The molecule has 0 saturated carbocycles. The summed E-state index contributed by atoms with van der Waals surface area (Å²) in [6, 6.07) is 8.67. The monoisotopic (exact) mass is 330 g/mol. The zero-order valence-corrected chi connectivity index (χ0v) is 14.1. The number of nitrogens with zero attached hydrogens (tertiary/aromatic N) is 3. The molecule has 0 spiro atoms. The number of benzene rings is 1. The molecule has 2 aromatic rings. The highest BCUT2D eigenvalue weighted by atomic mass is 19.1. The fraction of sp³-hybridized carbons (Fsp3) is 0.444. The lowest BCUT2D eigenvalue weighted by Crippen LogP contribution is -2.39. The molecular weight excluding hydrogens is 307 g/mol. The molecule has 1 N–H and O–H groups in total. The van der Waals surface area contributed by atoms with E-state index in [1.807, 2.05) is 32.2 Å². The zero-order valence-electron chi connectivity index (χ0n) is 14.1. The Hall–Kier alpha value is -2.05. The molecule has 6 heteroatoms. The van der Waals surface area contributed by atoms with Gasteiger partial charge in [0.1, 0.15) is 23.6 Å². The van der Waals surface area contributed by atoms with E-state index in [1.165, 1.54) is 12.1 Å². The fourth-order valence-corrected chi connectivity index (χ4v) is 2.91. The lowest BCUT2D eigenvalue weighted by atomic mass is 10.1. The van der Waals surface area contributed by atoms with Crippen molar-refractivity contribution < 1.29 is 9.13 Å². The Labute approximate surface area is 141 Å². The number of hydrogen-bond donors (Lipinski definition) is 1. The Balaban J connectivity index is 1.61. The van der Waals surface area contributed by atoms with Crippen LogP contribution >= 0.6 is 0 Å². The zero-order chi connectivity index (χ0) is 16.9. The molecule has 1 atom stereocenters. The van der Waals surface area contributed by atoms with Gasteiger partial charge in [-0.3, -0.25) is 4.90 Å². The van der Waals surface area contributed by atoms with Crippen molar-refractivity contribution in [3.05, 3.63) is 53.2 Å². The normalized spacial score (nSPS) is 18.5. The number of hydrogen-bond acceptors (Lipinski definition) is 5. The van der Waals surface area contributed by atoms with Gasteiger partial charge < -0.3 is 10.1 Å². The Morgan fingerprint density at radius 3 is 2.83 bits per heavy atom. The molecular formula is C18H23FN4O. The summed E-state index contributed by atoms with van der Waals surface area (Å²) in [4.78, 5) is 11.2. The maximum Gasteiger partial charge on any atom is 0.129 e. The molecule has 0 amide bonds. The minimum Gasteiger partial charge on any atom is -0.373 e. The molecule has 0 unspecified atom stereocenters. The number of ether oxygens (including phenoxy) is 1. The molecule has 0 bridgehead atoms. The van der Waals surface area contributed by atoms with Crippen LogP contribution in [0.5, 0.6) is 0 Å². The first-order valence-electron chi connectivity index (χ1n) is 8.26. The summed E-state index contributed by atoms with van der Waals surface area (Å²) in [5.74, 6) is 1.36. The maximum absolute atomic E-state index is 13.0. The fourth-order valence-electron chi connectivity index (χ4n) is 2.91. The van der Waals surface area contributed by atoms with Gasteiger partial charge in [-0.15, -0.1) is 0 Å². The van der Waals surface area contributed by atoms with E-state index in [0.29, 0.717) is 6.61 Å². The van der Waals surface area contributed by atoms with E-state index in [0.717, 1.165) is 49.0 Å². The van der Waals surface area contributed by atoms with Crippen LogP contribution in [0.2, 0.25) is 0 Å². The summed E-state index contributed by atoms with van der Waals surface area (Å²) in [5.41, 5.74) is 2.06. The lowest BCUT2D eigenvalue weighted by molar-refractivity contribution is -0.0317. The van der Waals surface area contributed by atoms with Crippen LogP contribution in [0.1, 0.15) is 23.2 Å². The highest BCUT2D eigenvalue weighted by molar-refractivity contribution is 5.35. The summed E-state index contributed by atoms with van der Waals surface area (Å²) >= 11 is 0. The number of aryl methyl sites for hydroxylation is 1. The van der Waals surface area contributed by atoms with E-state index >= 15 is 0 Å².